The van der Waals surface area contributed by atoms with Crippen molar-refractivity contribution in [2.45, 2.75) is 0 Å². The van der Waals surface area contributed by atoms with E-state index in [4.69, 9.17) is 27.9 Å². The van der Waals surface area contributed by atoms with Crippen molar-refractivity contribution >= 4 is 53.0 Å². The molecule has 1 fully saturated rings. The molecule has 0 radical (unpaired) electrons. The van der Waals surface area contributed by atoms with Crippen LogP contribution in [0.4, 0.5) is 4.79 Å². The molecular formula is C15H10Cl2N2O7. The highest BCUT2D eigenvalue weighted by Crippen LogP contribution is 2.31. The highest BCUT2D eigenvalue weighted by molar-refractivity contribution is 6.43. The van der Waals surface area contributed by atoms with Gasteiger partial charge in [-0.1, -0.05) is 23.2 Å². The number of imide groups is 2. The Kier molecular flexibility index (Phi) is 4.84. The number of cyclic esters (lactones) is 1. The van der Waals surface area contributed by atoms with Crippen molar-refractivity contribution in [3.05, 3.63) is 33.3 Å². The Morgan fingerprint density at radius 3 is 2.15 bits per heavy atom. The number of carbonyl (C=O) groups is 5. The highest BCUT2D eigenvalue weighted by atomic mass is 35.5. The second-order valence-electron chi connectivity index (χ2n) is 5.33. The fraction of sp³-hybridized carbons (Fsp3) is 0.267. The molecule has 1 saturated heterocycles. The molecule has 0 bridgehead atoms. The van der Waals surface area contributed by atoms with Gasteiger partial charge in [0.05, 0.1) is 27.7 Å². The number of rotatable bonds is 4. The normalized spacial score (nSPS) is 16.0. The van der Waals surface area contributed by atoms with E-state index >= 15 is 0 Å². The molecule has 11 heteroatoms. The van der Waals surface area contributed by atoms with Gasteiger partial charge in [0.1, 0.15) is 13.2 Å². The molecule has 0 unspecified atom stereocenters. The van der Waals surface area contributed by atoms with Gasteiger partial charge in [-0.05, 0) is 12.1 Å². The van der Waals surface area contributed by atoms with E-state index in [1.165, 1.54) is 12.1 Å². The van der Waals surface area contributed by atoms with E-state index in [-0.39, 0.29) is 34.3 Å². The van der Waals surface area contributed by atoms with E-state index in [9.17, 15) is 24.0 Å². The Balaban J connectivity index is 1.61. The minimum atomic E-state index is -0.988. The number of halogens is 2. The molecule has 2 aliphatic rings. The predicted molar refractivity (Wildman–Crippen MR) is 85.8 cm³/mol. The zero-order chi connectivity index (χ0) is 19.0. The monoisotopic (exact) mass is 400 g/mol. The lowest BCUT2D eigenvalue weighted by atomic mass is 10.1. The van der Waals surface area contributed by atoms with Crippen molar-refractivity contribution in [2.75, 3.05) is 26.3 Å². The zero-order valence-electron chi connectivity index (χ0n) is 13.0. The number of carbonyl (C=O) groups excluding carboxylic acids is 5. The Morgan fingerprint density at radius 1 is 1.08 bits per heavy atom. The van der Waals surface area contributed by atoms with Crippen LogP contribution in [0, 0.1) is 0 Å². The molecule has 0 atom stereocenters. The lowest BCUT2D eigenvalue weighted by Gasteiger charge is -2.14. The van der Waals surface area contributed by atoms with Gasteiger partial charge in [-0.25, -0.2) is 9.69 Å². The summed E-state index contributed by atoms with van der Waals surface area (Å²) in [6.45, 7) is -1.28. The summed E-state index contributed by atoms with van der Waals surface area (Å²) in [5.74, 6) is -3.20. The van der Waals surface area contributed by atoms with Crippen molar-refractivity contribution < 1.29 is 33.4 Å². The van der Waals surface area contributed by atoms with E-state index in [2.05, 4.69) is 4.74 Å². The van der Waals surface area contributed by atoms with E-state index in [0.29, 0.717) is 4.90 Å². The third kappa shape index (κ3) is 3.23. The van der Waals surface area contributed by atoms with Crippen LogP contribution in [0.1, 0.15) is 20.7 Å². The Bertz CT molecular complexity index is 814. The second kappa shape index (κ2) is 6.93. The number of hydrogen-bond acceptors (Lipinski definition) is 7. The Labute approximate surface area is 156 Å². The number of ether oxygens (including phenoxy) is 2. The van der Waals surface area contributed by atoms with Crippen molar-refractivity contribution in [2.24, 2.45) is 0 Å². The molecule has 1 aromatic rings. The third-order valence-corrected chi connectivity index (χ3v) is 4.44. The van der Waals surface area contributed by atoms with Gasteiger partial charge in [-0.15, -0.1) is 0 Å². The molecule has 0 N–H and O–H groups in total. The first-order valence-electron chi connectivity index (χ1n) is 7.27. The largest absolute Gasteiger partial charge is 0.454 e. The third-order valence-electron chi connectivity index (χ3n) is 3.72. The topological polar surface area (TPSA) is 110 Å². The van der Waals surface area contributed by atoms with E-state index < -0.39 is 42.9 Å². The first-order chi connectivity index (χ1) is 12.3. The summed E-state index contributed by atoms with van der Waals surface area (Å²) in [7, 11) is 0. The SMILES string of the molecule is O=C(CN1C(=O)c2cc(Cl)c(Cl)cc2C1=O)OCC(=O)N1CCOC1=O. The summed E-state index contributed by atoms with van der Waals surface area (Å²) in [5, 5.41) is 0.193. The molecule has 26 heavy (non-hydrogen) atoms. The van der Waals surface area contributed by atoms with Crippen LogP contribution in [-0.4, -0.2) is 65.9 Å². The molecule has 0 saturated carbocycles. The van der Waals surface area contributed by atoms with Gasteiger partial charge in [0.15, 0.2) is 6.61 Å². The molecular weight excluding hydrogens is 391 g/mol. The molecule has 0 aromatic heterocycles. The molecule has 0 spiro atoms. The number of fused-ring (bicyclic) bond motifs is 1. The highest BCUT2D eigenvalue weighted by Gasteiger charge is 2.38. The van der Waals surface area contributed by atoms with Crippen molar-refractivity contribution in [3.8, 4) is 0 Å². The average Bonchev–Trinajstić information content (AvgIpc) is 3.12. The van der Waals surface area contributed by atoms with Crippen molar-refractivity contribution in [1.29, 1.82) is 0 Å². The molecule has 0 aliphatic carbocycles. The maximum absolute atomic E-state index is 12.3. The van der Waals surface area contributed by atoms with Crippen LogP contribution in [0.15, 0.2) is 12.1 Å². The minimum absolute atomic E-state index is 0.0214. The molecule has 136 valence electrons. The van der Waals surface area contributed by atoms with Crippen molar-refractivity contribution in [3.63, 3.8) is 0 Å². The van der Waals surface area contributed by atoms with Crippen LogP contribution in [0.3, 0.4) is 0 Å². The zero-order valence-corrected chi connectivity index (χ0v) is 14.5. The summed E-state index contributed by atoms with van der Waals surface area (Å²) in [6.07, 6.45) is -0.819. The number of hydrogen-bond donors (Lipinski definition) is 0. The maximum Gasteiger partial charge on any atom is 0.416 e. The van der Waals surface area contributed by atoms with Gasteiger partial charge in [-0.3, -0.25) is 24.1 Å². The van der Waals surface area contributed by atoms with Crippen LogP contribution >= 0.6 is 23.2 Å². The average molecular weight is 401 g/mol. The van der Waals surface area contributed by atoms with Crippen LogP contribution in [0.25, 0.3) is 0 Å². The smallest absolute Gasteiger partial charge is 0.416 e. The van der Waals surface area contributed by atoms with Crippen LogP contribution in [0.5, 0.6) is 0 Å². The summed E-state index contributed by atoms with van der Waals surface area (Å²) in [5.41, 5.74) is 0.0428. The van der Waals surface area contributed by atoms with Gasteiger partial charge in [0, 0.05) is 0 Å². The number of amides is 4. The number of benzene rings is 1. The van der Waals surface area contributed by atoms with Gasteiger partial charge >= 0.3 is 12.1 Å². The summed E-state index contributed by atoms with van der Waals surface area (Å²) in [6, 6.07) is 2.49. The van der Waals surface area contributed by atoms with Crippen LogP contribution in [0.2, 0.25) is 10.0 Å². The van der Waals surface area contributed by atoms with Crippen molar-refractivity contribution in [1.82, 2.24) is 9.80 Å². The standard InChI is InChI=1S/C15H10Cl2N2O7/c16-9-3-7-8(4-10(9)17)14(23)19(13(7)22)5-12(21)26-6-11(20)18-1-2-25-15(18)24/h3-4H,1-2,5-6H2. The molecule has 2 aliphatic heterocycles. The molecule has 2 heterocycles. The van der Waals surface area contributed by atoms with E-state index in [0.717, 1.165) is 4.90 Å². The Hall–Kier alpha value is -2.65. The summed E-state index contributed by atoms with van der Waals surface area (Å²) < 4.78 is 9.32. The second-order valence-corrected chi connectivity index (χ2v) is 6.14. The fourth-order valence-electron chi connectivity index (χ4n) is 2.44. The van der Waals surface area contributed by atoms with E-state index in [1.807, 2.05) is 0 Å². The van der Waals surface area contributed by atoms with Gasteiger partial charge in [0.2, 0.25) is 0 Å². The maximum atomic E-state index is 12.3. The number of nitrogens with zero attached hydrogens (tertiary/aromatic N) is 2. The van der Waals surface area contributed by atoms with E-state index in [1.54, 1.807) is 0 Å². The predicted octanol–water partition coefficient (Wildman–Crippen LogP) is 1.11. The fourth-order valence-corrected chi connectivity index (χ4v) is 2.77. The lowest BCUT2D eigenvalue weighted by Crippen LogP contribution is -2.38. The summed E-state index contributed by atoms with van der Waals surface area (Å²) >= 11 is 11.7. The first-order valence-corrected chi connectivity index (χ1v) is 8.03. The summed E-state index contributed by atoms with van der Waals surface area (Å²) in [4.78, 5) is 60.8. The number of esters is 1. The quantitative estimate of drug-likeness (QED) is 0.549. The molecule has 9 nitrogen and oxygen atoms in total. The van der Waals surface area contributed by atoms with Gasteiger partial charge in [-0.2, -0.15) is 0 Å². The lowest BCUT2D eigenvalue weighted by molar-refractivity contribution is -0.150. The molecule has 4 amide bonds. The molecule has 3 rings (SSSR count). The molecule has 1 aromatic carbocycles. The minimum Gasteiger partial charge on any atom is -0.454 e. The first kappa shape index (κ1) is 18.2. The van der Waals surface area contributed by atoms with Crippen LogP contribution in [-0.2, 0) is 19.1 Å². The Morgan fingerprint density at radius 2 is 1.65 bits per heavy atom. The van der Waals surface area contributed by atoms with Gasteiger partial charge in [0.25, 0.3) is 17.7 Å². The van der Waals surface area contributed by atoms with Crippen LogP contribution < -0.4 is 0 Å². The van der Waals surface area contributed by atoms with Gasteiger partial charge < -0.3 is 9.47 Å².